The summed E-state index contributed by atoms with van der Waals surface area (Å²) < 4.78 is 11.6. The van der Waals surface area contributed by atoms with E-state index in [0.29, 0.717) is 0 Å². The van der Waals surface area contributed by atoms with Crippen molar-refractivity contribution in [2.75, 3.05) is 0 Å². The second-order valence-electron chi connectivity index (χ2n) is 20.5. The van der Waals surface area contributed by atoms with Crippen LogP contribution in [0.2, 0.25) is 0 Å². The summed E-state index contributed by atoms with van der Waals surface area (Å²) in [5, 5.41) is 15.2. The standard InChI is InChI=1S/C70H43IN4/c1-41-17-16-22-47(37-41)74-60-36-32-42(38-57(60)65-51-26-11-10-25-50(51)62-53-27-12-14-29-58(53)72(67(62)69(65)74)45-18-4-2-5-19-45)43-31-34-55-61(39-43)73(46-20-6-3-7-21-46)68-64(55)49-24-9-8-23-48(49)63-54-28-13-15-30-59(54)75(70(63)68)66-52-35-33-44(71)40-56(52)66/h2-40,66H,1H3. The van der Waals surface area contributed by atoms with Crippen molar-refractivity contribution in [3.63, 3.8) is 0 Å². The van der Waals surface area contributed by atoms with Crippen LogP contribution in [-0.4, -0.2) is 18.3 Å². The summed E-state index contributed by atoms with van der Waals surface area (Å²) >= 11 is 2.47. The Morgan fingerprint density at radius 3 is 1.41 bits per heavy atom. The first-order chi connectivity index (χ1) is 37.1. The second-order valence-corrected chi connectivity index (χ2v) is 21.8. The Kier molecular flexibility index (Phi) is 8.49. The highest BCUT2D eigenvalue weighted by Gasteiger charge is 2.38. The van der Waals surface area contributed by atoms with E-state index in [-0.39, 0.29) is 6.04 Å². The molecular weight excluding hydrogens is 1020 g/mol. The van der Waals surface area contributed by atoms with Crippen LogP contribution in [0.25, 0.3) is 137 Å². The predicted octanol–water partition coefficient (Wildman–Crippen LogP) is 18.9. The number of fused-ring (bicyclic) bond motifs is 21. The SMILES string of the molecule is Cc1cccc(-n2c3ccc(-c4ccc5c6c7ccccc7c7c8ccccc8n(C8c9ccc(I)cc98)c7c6n(-c6ccccc6)c5c4)cc3c3c4ccccc4c4c5ccccc5n(-c5ccccc5)c4c32)c1. The third-order valence-corrected chi connectivity index (χ3v) is 17.2. The number of hydrogen-bond donors (Lipinski definition) is 0. The van der Waals surface area contributed by atoms with Crippen molar-refractivity contribution in [1.29, 1.82) is 0 Å². The fourth-order valence-electron chi connectivity index (χ4n) is 13.5. The zero-order valence-electron chi connectivity index (χ0n) is 40.8. The van der Waals surface area contributed by atoms with E-state index in [1.165, 1.54) is 140 Å². The van der Waals surface area contributed by atoms with Gasteiger partial charge in [0.15, 0.2) is 0 Å². The van der Waals surface area contributed by atoms with Crippen LogP contribution in [-0.2, 0) is 0 Å². The summed E-state index contributed by atoms with van der Waals surface area (Å²) in [5.74, 6) is 0. The Balaban J connectivity index is 1.01. The van der Waals surface area contributed by atoms with Gasteiger partial charge in [-0.05, 0) is 158 Å². The van der Waals surface area contributed by atoms with E-state index in [1.54, 1.807) is 0 Å². The molecule has 0 spiro atoms. The maximum absolute atomic E-state index is 2.66. The smallest absolute Gasteiger partial charge is 0.0853 e. The first-order valence-electron chi connectivity index (χ1n) is 25.9. The number of aromatic nitrogens is 4. The first-order valence-corrected chi connectivity index (χ1v) is 27.0. The van der Waals surface area contributed by atoms with Gasteiger partial charge >= 0.3 is 0 Å². The summed E-state index contributed by atoms with van der Waals surface area (Å²) in [5.41, 5.74) is 19.6. The number of para-hydroxylation sites is 4. The molecule has 1 atom stereocenters. The van der Waals surface area contributed by atoms with Gasteiger partial charge in [-0.15, -0.1) is 0 Å². The summed E-state index contributed by atoms with van der Waals surface area (Å²) in [6.07, 6.45) is 0. The van der Waals surface area contributed by atoms with Gasteiger partial charge < -0.3 is 18.3 Å². The van der Waals surface area contributed by atoms with E-state index in [1.807, 2.05) is 0 Å². The van der Waals surface area contributed by atoms with Gasteiger partial charge in [-0.3, -0.25) is 0 Å². The van der Waals surface area contributed by atoms with Crippen LogP contribution in [0.4, 0.5) is 0 Å². The van der Waals surface area contributed by atoms with E-state index < -0.39 is 0 Å². The van der Waals surface area contributed by atoms with Gasteiger partial charge in [0.2, 0.25) is 0 Å². The van der Waals surface area contributed by atoms with Crippen molar-refractivity contribution in [3.8, 4) is 28.2 Å². The van der Waals surface area contributed by atoms with Gasteiger partial charge in [-0.25, -0.2) is 0 Å². The number of aryl methyl sites for hydroxylation is 1. The van der Waals surface area contributed by atoms with Gasteiger partial charge in [0, 0.05) is 63.7 Å². The van der Waals surface area contributed by atoms with E-state index in [4.69, 9.17) is 0 Å². The lowest BCUT2D eigenvalue weighted by atomic mass is 9.96. The summed E-state index contributed by atoms with van der Waals surface area (Å²) in [6.45, 7) is 2.20. The lowest BCUT2D eigenvalue weighted by Crippen LogP contribution is -2.00. The van der Waals surface area contributed by atoms with E-state index >= 15 is 0 Å². The molecular formula is C70H43IN4. The molecule has 350 valence electrons. The van der Waals surface area contributed by atoms with Gasteiger partial charge in [0.1, 0.15) is 0 Å². The van der Waals surface area contributed by atoms with Crippen LogP contribution in [0.3, 0.4) is 0 Å². The molecule has 75 heavy (non-hydrogen) atoms. The molecule has 0 amide bonds. The minimum atomic E-state index is 0.165. The molecule has 0 radical (unpaired) electrons. The molecule has 17 rings (SSSR count). The van der Waals surface area contributed by atoms with Crippen LogP contribution < -0.4 is 0 Å². The summed E-state index contributed by atoms with van der Waals surface area (Å²) in [4.78, 5) is 0. The highest BCUT2D eigenvalue weighted by molar-refractivity contribution is 14.1. The van der Waals surface area contributed by atoms with Crippen molar-refractivity contribution in [1.82, 2.24) is 18.3 Å². The van der Waals surface area contributed by atoms with E-state index in [0.717, 1.165) is 17.1 Å². The monoisotopic (exact) mass is 1070 g/mol. The number of benzene rings is 12. The fraction of sp³-hybridized carbons (Fsp3) is 0.0286. The fourth-order valence-corrected chi connectivity index (χ4v) is 14.0. The first kappa shape index (κ1) is 41.6. The Morgan fingerprint density at radius 2 is 0.773 bits per heavy atom. The maximum atomic E-state index is 2.66. The van der Waals surface area contributed by atoms with E-state index in [9.17, 15) is 0 Å². The Bertz CT molecular complexity index is 5150. The topological polar surface area (TPSA) is 19.7 Å². The number of halogens is 1. The van der Waals surface area contributed by atoms with Crippen LogP contribution in [0, 0.1) is 10.5 Å². The quantitative estimate of drug-likeness (QED) is 0.153. The Labute approximate surface area is 444 Å². The third-order valence-electron chi connectivity index (χ3n) is 16.5. The molecule has 16 aromatic rings. The molecule has 4 aromatic heterocycles. The number of rotatable bonds is 5. The summed E-state index contributed by atoms with van der Waals surface area (Å²) in [6, 6.07) is 88.8. The molecule has 0 bridgehead atoms. The normalized spacial score (nSPS) is 13.6. The minimum absolute atomic E-state index is 0.165. The number of nitrogens with zero attached hydrogens (tertiary/aromatic N) is 4. The highest BCUT2D eigenvalue weighted by atomic mass is 127. The van der Waals surface area contributed by atoms with E-state index in [2.05, 4.69) is 284 Å². The average Bonchev–Trinajstić information content (AvgIpc) is 3.96. The zero-order valence-corrected chi connectivity index (χ0v) is 42.9. The molecule has 0 fully saturated rings. The Morgan fingerprint density at radius 1 is 0.307 bits per heavy atom. The molecule has 0 saturated carbocycles. The van der Waals surface area contributed by atoms with Gasteiger partial charge in [0.05, 0.1) is 50.2 Å². The third kappa shape index (κ3) is 5.65. The molecule has 12 aromatic carbocycles. The lowest BCUT2D eigenvalue weighted by molar-refractivity contribution is 0.854. The second kappa shape index (κ2) is 15.3. The van der Waals surface area contributed by atoms with Crippen LogP contribution in [0.5, 0.6) is 0 Å². The maximum Gasteiger partial charge on any atom is 0.0853 e. The summed E-state index contributed by atoms with van der Waals surface area (Å²) in [7, 11) is 0. The van der Waals surface area contributed by atoms with Crippen molar-refractivity contribution >= 4 is 131 Å². The largest absolute Gasteiger partial charge is 0.327 e. The molecule has 0 N–H and O–H groups in total. The molecule has 4 nitrogen and oxygen atoms in total. The van der Waals surface area contributed by atoms with Crippen molar-refractivity contribution in [3.05, 3.63) is 257 Å². The highest BCUT2D eigenvalue weighted by Crippen LogP contribution is 2.54. The molecule has 1 aliphatic carbocycles. The molecule has 1 aliphatic rings. The van der Waals surface area contributed by atoms with Gasteiger partial charge in [-0.1, -0.05) is 158 Å². The van der Waals surface area contributed by atoms with Crippen LogP contribution >= 0.6 is 22.6 Å². The Hall–Kier alpha value is -8.91. The van der Waals surface area contributed by atoms with Crippen molar-refractivity contribution in [2.24, 2.45) is 0 Å². The van der Waals surface area contributed by atoms with Gasteiger partial charge in [0.25, 0.3) is 0 Å². The van der Waals surface area contributed by atoms with Crippen LogP contribution in [0.1, 0.15) is 22.7 Å². The molecule has 0 aliphatic heterocycles. The molecule has 5 heteroatoms. The van der Waals surface area contributed by atoms with Gasteiger partial charge in [-0.2, -0.15) is 0 Å². The van der Waals surface area contributed by atoms with Crippen molar-refractivity contribution in [2.45, 2.75) is 13.0 Å². The number of hydrogen-bond acceptors (Lipinski definition) is 0. The van der Waals surface area contributed by atoms with Crippen LogP contribution in [0.15, 0.2) is 237 Å². The molecule has 0 saturated heterocycles. The zero-order chi connectivity index (χ0) is 49.2. The van der Waals surface area contributed by atoms with Crippen molar-refractivity contribution < 1.29 is 0 Å². The predicted molar refractivity (Wildman–Crippen MR) is 324 cm³/mol. The lowest BCUT2D eigenvalue weighted by Gasteiger charge is -2.14. The molecule has 1 unspecified atom stereocenters. The average molecular weight is 1070 g/mol. The minimum Gasteiger partial charge on any atom is -0.327 e. The molecule has 4 heterocycles.